The van der Waals surface area contributed by atoms with E-state index in [4.69, 9.17) is 0 Å². The molecule has 0 aliphatic heterocycles. The van der Waals surface area contributed by atoms with Gasteiger partial charge in [-0.05, 0) is 37.0 Å². The lowest BCUT2D eigenvalue weighted by molar-refractivity contribution is 1.11. The second-order valence-corrected chi connectivity index (χ2v) is 1.69. The highest BCUT2D eigenvalue weighted by molar-refractivity contribution is 4.96. The lowest BCUT2D eigenvalue weighted by Crippen LogP contribution is -1.61. The van der Waals surface area contributed by atoms with Gasteiger partial charge in [0.2, 0.25) is 0 Å². The van der Waals surface area contributed by atoms with Gasteiger partial charge in [0.25, 0.3) is 0 Å². The van der Waals surface area contributed by atoms with E-state index < -0.39 is 0 Å². The fourth-order valence-electron chi connectivity index (χ4n) is 0.271. The normalized spacial score (nSPS) is 6.00. The van der Waals surface area contributed by atoms with Crippen LogP contribution in [0.4, 0.5) is 0 Å². The fourth-order valence-corrected chi connectivity index (χ4v) is 0.271. The van der Waals surface area contributed by atoms with Crippen LogP contribution in [-0.2, 0) is 0 Å². The van der Waals surface area contributed by atoms with Crippen LogP contribution in [0.2, 0.25) is 0 Å². The Morgan fingerprint density at radius 1 is 1.44 bits per heavy atom. The Kier molecular flexibility index (Phi) is 4.37. The molecule has 0 saturated carbocycles. The summed E-state index contributed by atoms with van der Waals surface area (Å²) in [6.45, 7) is 7.40. The maximum atomic E-state index is 3.34. The number of hydrogen-bond acceptors (Lipinski definition) is 0. The van der Waals surface area contributed by atoms with Crippen LogP contribution in [0.5, 0.6) is 0 Å². The van der Waals surface area contributed by atoms with Gasteiger partial charge in [-0.25, -0.2) is 0 Å². The smallest absolute Gasteiger partial charge is 0.0103 e. The molecule has 0 heterocycles. The SMILES string of the molecule is C=C=C=C=C=C(C)CC. The summed E-state index contributed by atoms with van der Waals surface area (Å²) in [6.07, 6.45) is 1.01. The third-order valence-corrected chi connectivity index (χ3v) is 0.957. The molecule has 0 aliphatic rings. The Hall–Kier alpha value is -1.14. The molecule has 0 bridgehead atoms. The van der Waals surface area contributed by atoms with Crippen molar-refractivity contribution in [1.82, 2.24) is 0 Å². The highest BCUT2D eigenvalue weighted by atomic mass is 13.8. The molecule has 9 heavy (non-hydrogen) atoms. The average molecular weight is 118 g/mol. The molecule has 0 radical (unpaired) electrons. The highest BCUT2D eigenvalue weighted by Crippen LogP contribution is 1.91. The first-order valence-electron chi connectivity index (χ1n) is 2.91. The van der Waals surface area contributed by atoms with E-state index in [0.29, 0.717) is 0 Å². The predicted molar refractivity (Wildman–Crippen MR) is 39.2 cm³/mol. The van der Waals surface area contributed by atoms with E-state index in [1.807, 2.05) is 6.92 Å². The third-order valence-electron chi connectivity index (χ3n) is 0.957. The van der Waals surface area contributed by atoms with E-state index >= 15 is 0 Å². The molecular formula is C9H10. The van der Waals surface area contributed by atoms with Crippen molar-refractivity contribution in [2.75, 3.05) is 0 Å². The van der Waals surface area contributed by atoms with Crippen molar-refractivity contribution < 1.29 is 0 Å². The van der Waals surface area contributed by atoms with Crippen LogP contribution < -0.4 is 0 Å². The monoisotopic (exact) mass is 118 g/mol. The molecule has 0 aromatic rings. The number of hydrogen-bond donors (Lipinski definition) is 0. The summed E-state index contributed by atoms with van der Waals surface area (Å²) in [7, 11) is 0. The maximum absolute atomic E-state index is 3.34. The molecular weight excluding hydrogens is 108 g/mol. The molecule has 46 valence electrons. The predicted octanol–water partition coefficient (Wildman–Crippen LogP) is 2.59. The molecule has 0 amide bonds. The molecule has 0 aromatic heterocycles. The lowest BCUT2D eigenvalue weighted by Gasteiger charge is -1.79. The molecule has 0 rings (SSSR count). The van der Waals surface area contributed by atoms with Gasteiger partial charge < -0.3 is 0 Å². The van der Waals surface area contributed by atoms with Gasteiger partial charge in [-0.1, -0.05) is 18.4 Å². The zero-order valence-corrected chi connectivity index (χ0v) is 5.91. The number of rotatable bonds is 1. The van der Waals surface area contributed by atoms with Crippen LogP contribution in [0.15, 0.2) is 35.1 Å². The van der Waals surface area contributed by atoms with E-state index in [-0.39, 0.29) is 0 Å². The molecule has 0 heteroatoms. The fraction of sp³-hybridized carbons (Fsp3) is 0.333. The summed E-state index contributed by atoms with van der Waals surface area (Å²) in [5, 5.41) is 0. The molecule has 0 saturated heterocycles. The minimum absolute atomic E-state index is 1.01. The minimum Gasteiger partial charge on any atom is -0.0687 e. The zero-order chi connectivity index (χ0) is 7.11. The molecule has 0 aliphatic carbocycles. The van der Waals surface area contributed by atoms with Crippen molar-refractivity contribution >= 4 is 0 Å². The molecule has 0 spiro atoms. The Morgan fingerprint density at radius 2 is 2.11 bits per heavy atom. The lowest BCUT2D eigenvalue weighted by atomic mass is 10.3. The summed E-state index contributed by atoms with van der Waals surface area (Å²) in [5.41, 5.74) is 11.8. The highest BCUT2D eigenvalue weighted by Gasteiger charge is 1.73. The van der Waals surface area contributed by atoms with Gasteiger partial charge in [0.1, 0.15) is 0 Å². The van der Waals surface area contributed by atoms with Crippen molar-refractivity contribution in [2.24, 2.45) is 0 Å². The summed E-state index contributed by atoms with van der Waals surface area (Å²) in [4.78, 5) is 0. The molecule has 0 nitrogen and oxygen atoms in total. The molecule has 0 fully saturated rings. The van der Waals surface area contributed by atoms with Gasteiger partial charge in [0.05, 0.1) is 0 Å². The van der Waals surface area contributed by atoms with E-state index in [9.17, 15) is 0 Å². The van der Waals surface area contributed by atoms with Gasteiger partial charge in [-0.15, -0.1) is 0 Å². The molecule has 0 aromatic carbocycles. The molecule has 0 atom stereocenters. The van der Waals surface area contributed by atoms with E-state index in [2.05, 4.69) is 36.4 Å². The molecule has 0 N–H and O–H groups in total. The summed E-state index contributed by atoms with van der Waals surface area (Å²) in [6, 6.07) is 0. The van der Waals surface area contributed by atoms with E-state index in [1.54, 1.807) is 0 Å². The van der Waals surface area contributed by atoms with Crippen molar-refractivity contribution in [3.8, 4) is 0 Å². The Morgan fingerprint density at radius 3 is 2.56 bits per heavy atom. The quantitative estimate of drug-likeness (QED) is 0.464. The van der Waals surface area contributed by atoms with Crippen LogP contribution in [-0.4, -0.2) is 0 Å². The van der Waals surface area contributed by atoms with Crippen LogP contribution in [0.1, 0.15) is 20.3 Å². The largest absolute Gasteiger partial charge is 0.0687 e. The Labute approximate surface area is 56.2 Å². The summed E-state index contributed by atoms with van der Waals surface area (Å²) < 4.78 is 0. The maximum Gasteiger partial charge on any atom is -0.0103 e. The third kappa shape index (κ3) is 4.72. The second kappa shape index (κ2) is 5.01. The van der Waals surface area contributed by atoms with Crippen molar-refractivity contribution in [3.63, 3.8) is 0 Å². The minimum atomic E-state index is 1.01. The average Bonchev–Trinajstić information content (AvgIpc) is 1.89. The van der Waals surface area contributed by atoms with Crippen LogP contribution in [0.3, 0.4) is 0 Å². The Balaban J connectivity index is 4.64. The zero-order valence-electron chi connectivity index (χ0n) is 5.91. The van der Waals surface area contributed by atoms with Crippen molar-refractivity contribution in [2.45, 2.75) is 20.3 Å². The van der Waals surface area contributed by atoms with Crippen LogP contribution in [0, 0.1) is 0 Å². The van der Waals surface area contributed by atoms with E-state index in [1.165, 1.54) is 0 Å². The standard InChI is InChI=1S/C9H10/c1-4-6-7-8-9(3)5-2/h1,5H2,2-3H3. The van der Waals surface area contributed by atoms with Gasteiger partial charge in [-0.3, -0.25) is 0 Å². The second-order valence-electron chi connectivity index (χ2n) is 1.69. The van der Waals surface area contributed by atoms with Gasteiger partial charge in [-0.2, -0.15) is 0 Å². The molecule has 0 unspecified atom stereocenters. The topological polar surface area (TPSA) is 0 Å². The van der Waals surface area contributed by atoms with Crippen molar-refractivity contribution in [1.29, 1.82) is 0 Å². The van der Waals surface area contributed by atoms with Crippen LogP contribution in [0.25, 0.3) is 0 Å². The summed E-state index contributed by atoms with van der Waals surface area (Å²) in [5.74, 6) is 0. The Bertz CT molecular complexity index is 221. The van der Waals surface area contributed by atoms with Crippen molar-refractivity contribution in [3.05, 3.63) is 35.1 Å². The van der Waals surface area contributed by atoms with Gasteiger partial charge >= 0.3 is 0 Å². The van der Waals surface area contributed by atoms with Gasteiger partial charge in [0.15, 0.2) is 0 Å². The first-order chi connectivity index (χ1) is 4.31. The first kappa shape index (κ1) is 7.86. The van der Waals surface area contributed by atoms with Gasteiger partial charge in [0, 0.05) is 0 Å². The first-order valence-corrected chi connectivity index (χ1v) is 2.91. The van der Waals surface area contributed by atoms with Crippen LogP contribution >= 0.6 is 0 Å². The summed E-state index contributed by atoms with van der Waals surface area (Å²) >= 11 is 0. The van der Waals surface area contributed by atoms with E-state index in [0.717, 1.165) is 12.0 Å². The number of allylic oxidation sites excluding steroid dienone is 1.